The summed E-state index contributed by atoms with van der Waals surface area (Å²) in [6.45, 7) is 0.602. The maximum atomic E-state index is 13.0. The van der Waals surface area contributed by atoms with E-state index in [0.717, 1.165) is 29.7 Å². The van der Waals surface area contributed by atoms with Crippen LogP contribution in [0.15, 0.2) is 36.5 Å². The zero-order valence-corrected chi connectivity index (χ0v) is 11.9. The van der Waals surface area contributed by atoms with Crippen LogP contribution >= 0.6 is 0 Å². The number of carbonyl (C=O) groups excluding carboxylic acids is 1. The normalized spacial score (nSPS) is 14.1. The SMILES string of the molecule is O=C(NCCCc1cccc(F)c1)c1cc[nH]c1C1CC1. The Bertz CT molecular complexity index is 631. The molecular formula is C17H19FN2O. The monoisotopic (exact) mass is 286 g/mol. The number of benzene rings is 1. The lowest BCUT2D eigenvalue weighted by atomic mass is 10.1. The Balaban J connectivity index is 1.47. The van der Waals surface area contributed by atoms with Crippen LogP contribution in [0.5, 0.6) is 0 Å². The fourth-order valence-electron chi connectivity index (χ4n) is 2.57. The third-order valence-electron chi connectivity index (χ3n) is 3.83. The number of amides is 1. The molecule has 0 aliphatic heterocycles. The summed E-state index contributed by atoms with van der Waals surface area (Å²) in [5.41, 5.74) is 2.80. The predicted molar refractivity (Wildman–Crippen MR) is 79.8 cm³/mol. The molecule has 0 spiro atoms. The van der Waals surface area contributed by atoms with Crippen LogP contribution in [-0.2, 0) is 6.42 Å². The zero-order chi connectivity index (χ0) is 14.7. The average molecular weight is 286 g/mol. The number of halogens is 1. The molecule has 0 atom stereocenters. The molecule has 0 saturated heterocycles. The first kappa shape index (κ1) is 13.9. The number of H-pyrrole nitrogens is 1. The first-order chi connectivity index (χ1) is 10.2. The van der Waals surface area contributed by atoms with E-state index in [9.17, 15) is 9.18 Å². The molecule has 1 fully saturated rings. The lowest BCUT2D eigenvalue weighted by Crippen LogP contribution is -2.25. The highest BCUT2D eigenvalue weighted by molar-refractivity contribution is 5.95. The Hall–Kier alpha value is -2.10. The van der Waals surface area contributed by atoms with Crippen LogP contribution in [0.25, 0.3) is 0 Å². The molecule has 0 bridgehead atoms. The van der Waals surface area contributed by atoms with Gasteiger partial charge in [0.15, 0.2) is 0 Å². The summed E-state index contributed by atoms with van der Waals surface area (Å²) in [7, 11) is 0. The molecule has 1 amide bonds. The van der Waals surface area contributed by atoms with Gasteiger partial charge in [-0.3, -0.25) is 4.79 Å². The van der Waals surface area contributed by atoms with Gasteiger partial charge in [-0.2, -0.15) is 0 Å². The van der Waals surface area contributed by atoms with Crippen LogP contribution in [0.1, 0.15) is 46.8 Å². The van der Waals surface area contributed by atoms with Gasteiger partial charge >= 0.3 is 0 Å². The second-order valence-corrected chi connectivity index (χ2v) is 5.57. The first-order valence-electron chi connectivity index (χ1n) is 7.44. The van der Waals surface area contributed by atoms with Crippen molar-refractivity contribution >= 4 is 5.91 Å². The Morgan fingerprint density at radius 2 is 2.19 bits per heavy atom. The molecule has 1 aliphatic carbocycles. The molecule has 2 aromatic rings. The summed E-state index contributed by atoms with van der Waals surface area (Å²) < 4.78 is 13.0. The van der Waals surface area contributed by atoms with E-state index < -0.39 is 0 Å². The second kappa shape index (κ2) is 6.12. The standard InChI is InChI=1S/C17H19FN2O/c18-14-5-1-3-12(11-14)4-2-9-20-17(21)15-8-10-19-16(15)13-6-7-13/h1,3,5,8,10-11,13,19H,2,4,6-7,9H2,(H,20,21). The van der Waals surface area contributed by atoms with Gasteiger partial charge in [0, 0.05) is 18.4 Å². The molecule has 110 valence electrons. The van der Waals surface area contributed by atoms with Crippen molar-refractivity contribution in [1.82, 2.24) is 10.3 Å². The van der Waals surface area contributed by atoms with Gasteiger partial charge in [-0.1, -0.05) is 12.1 Å². The Morgan fingerprint density at radius 3 is 2.95 bits per heavy atom. The molecule has 1 heterocycles. The number of rotatable bonds is 6. The predicted octanol–water partition coefficient (Wildman–Crippen LogP) is 3.39. The zero-order valence-electron chi connectivity index (χ0n) is 11.9. The molecule has 1 aromatic carbocycles. The summed E-state index contributed by atoms with van der Waals surface area (Å²) in [6, 6.07) is 8.44. The van der Waals surface area contributed by atoms with E-state index >= 15 is 0 Å². The molecule has 1 aromatic heterocycles. The van der Waals surface area contributed by atoms with Crippen LogP contribution in [0.2, 0.25) is 0 Å². The third kappa shape index (κ3) is 3.51. The number of aryl methyl sites for hydroxylation is 1. The molecule has 0 unspecified atom stereocenters. The van der Waals surface area contributed by atoms with E-state index in [1.54, 1.807) is 12.1 Å². The van der Waals surface area contributed by atoms with Crippen molar-refractivity contribution in [3.63, 3.8) is 0 Å². The van der Waals surface area contributed by atoms with E-state index in [4.69, 9.17) is 0 Å². The topological polar surface area (TPSA) is 44.9 Å². The van der Waals surface area contributed by atoms with Gasteiger partial charge in [0.1, 0.15) is 5.82 Å². The van der Waals surface area contributed by atoms with Crippen LogP contribution in [0.3, 0.4) is 0 Å². The van der Waals surface area contributed by atoms with E-state index in [0.29, 0.717) is 12.5 Å². The maximum absolute atomic E-state index is 13.0. The van der Waals surface area contributed by atoms with Crippen LogP contribution < -0.4 is 5.32 Å². The molecule has 3 rings (SSSR count). The lowest BCUT2D eigenvalue weighted by Gasteiger charge is -2.06. The van der Waals surface area contributed by atoms with Crippen molar-refractivity contribution in [2.45, 2.75) is 31.6 Å². The minimum absolute atomic E-state index is 0.0163. The Kier molecular flexibility index (Phi) is 4.04. The summed E-state index contributed by atoms with van der Waals surface area (Å²) in [5, 5.41) is 2.94. The Morgan fingerprint density at radius 1 is 1.33 bits per heavy atom. The molecule has 21 heavy (non-hydrogen) atoms. The molecule has 0 radical (unpaired) electrons. The van der Waals surface area contributed by atoms with Crippen LogP contribution in [0, 0.1) is 5.82 Å². The fourth-order valence-corrected chi connectivity index (χ4v) is 2.57. The van der Waals surface area contributed by atoms with Crippen molar-refractivity contribution in [2.24, 2.45) is 0 Å². The summed E-state index contributed by atoms with van der Waals surface area (Å²) in [6.07, 6.45) is 5.73. The van der Waals surface area contributed by atoms with Gasteiger partial charge in [0.2, 0.25) is 0 Å². The quantitative estimate of drug-likeness (QED) is 0.785. The average Bonchev–Trinajstić information content (AvgIpc) is 3.20. The number of aromatic nitrogens is 1. The van der Waals surface area contributed by atoms with Gasteiger partial charge in [0.05, 0.1) is 5.56 Å². The minimum atomic E-state index is -0.210. The van der Waals surface area contributed by atoms with Crippen molar-refractivity contribution in [1.29, 1.82) is 0 Å². The smallest absolute Gasteiger partial charge is 0.253 e. The highest BCUT2D eigenvalue weighted by Gasteiger charge is 2.28. The van der Waals surface area contributed by atoms with Crippen molar-refractivity contribution in [2.75, 3.05) is 6.54 Å². The van der Waals surface area contributed by atoms with Crippen molar-refractivity contribution in [3.05, 3.63) is 59.2 Å². The third-order valence-corrected chi connectivity index (χ3v) is 3.83. The number of carbonyl (C=O) groups is 1. The minimum Gasteiger partial charge on any atom is -0.364 e. The lowest BCUT2D eigenvalue weighted by molar-refractivity contribution is 0.0952. The number of aromatic amines is 1. The molecule has 4 heteroatoms. The summed E-state index contributed by atoms with van der Waals surface area (Å²) >= 11 is 0. The number of nitrogens with one attached hydrogen (secondary N) is 2. The maximum Gasteiger partial charge on any atom is 0.253 e. The van der Waals surface area contributed by atoms with Crippen molar-refractivity contribution < 1.29 is 9.18 Å². The fraction of sp³-hybridized carbons (Fsp3) is 0.353. The molecule has 2 N–H and O–H groups in total. The van der Waals surface area contributed by atoms with Gasteiger partial charge in [0.25, 0.3) is 5.91 Å². The van der Waals surface area contributed by atoms with Gasteiger partial charge in [-0.15, -0.1) is 0 Å². The molecule has 1 aliphatic rings. The van der Waals surface area contributed by atoms with Gasteiger partial charge < -0.3 is 10.3 Å². The second-order valence-electron chi connectivity index (χ2n) is 5.57. The molecule has 3 nitrogen and oxygen atoms in total. The molecular weight excluding hydrogens is 267 g/mol. The van der Waals surface area contributed by atoms with E-state index in [-0.39, 0.29) is 11.7 Å². The highest BCUT2D eigenvalue weighted by Crippen LogP contribution is 2.40. The van der Waals surface area contributed by atoms with Gasteiger partial charge in [-0.05, 0) is 55.4 Å². The van der Waals surface area contributed by atoms with Crippen molar-refractivity contribution in [3.8, 4) is 0 Å². The van der Waals surface area contributed by atoms with Crippen LogP contribution in [0.4, 0.5) is 4.39 Å². The molecule has 1 saturated carbocycles. The van der Waals surface area contributed by atoms with Gasteiger partial charge in [-0.25, -0.2) is 4.39 Å². The first-order valence-corrected chi connectivity index (χ1v) is 7.44. The van der Waals surface area contributed by atoms with E-state index in [1.807, 2.05) is 18.3 Å². The highest BCUT2D eigenvalue weighted by atomic mass is 19.1. The Labute approximate surface area is 123 Å². The number of hydrogen-bond acceptors (Lipinski definition) is 1. The summed E-state index contributed by atoms with van der Waals surface area (Å²) in [4.78, 5) is 15.3. The largest absolute Gasteiger partial charge is 0.364 e. The van der Waals surface area contributed by atoms with Crippen LogP contribution in [-0.4, -0.2) is 17.4 Å². The van der Waals surface area contributed by atoms with E-state index in [2.05, 4.69) is 10.3 Å². The summed E-state index contributed by atoms with van der Waals surface area (Å²) in [5.74, 6) is 0.309. The number of hydrogen-bond donors (Lipinski definition) is 2. The van der Waals surface area contributed by atoms with E-state index in [1.165, 1.54) is 18.9 Å².